The Hall–Kier alpha value is -0.510. The van der Waals surface area contributed by atoms with Gasteiger partial charge in [-0.1, -0.05) is 28.1 Å². The first-order valence-electron chi connectivity index (χ1n) is 4.61. The predicted octanol–water partition coefficient (Wildman–Crippen LogP) is 3.22. The third kappa shape index (κ3) is 4.24. The van der Waals surface area contributed by atoms with Crippen molar-refractivity contribution < 1.29 is 4.55 Å². The van der Waals surface area contributed by atoms with Gasteiger partial charge in [0.1, 0.15) is 16.1 Å². The molecule has 0 amide bonds. The lowest BCUT2D eigenvalue weighted by molar-refractivity contribution is 0.562. The van der Waals surface area contributed by atoms with Crippen LogP contribution in [0.3, 0.4) is 0 Å². The third-order valence-electron chi connectivity index (χ3n) is 1.67. The minimum absolute atomic E-state index is 0.324. The van der Waals surface area contributed by atoms with Crippen LogP contribution in [0, 0.1) is 0 Å². The summed E-state index contributed by atoms with van der Waals surface area (Å²) >= 11 is 4.59. The van der Waals surface area contributed by atoms with Gasteiger partial charge in [0.15, 0.2) is 0 Å². The molecule has 0 heterocycles. The second kappa shape index (κ2) is 5.01. The Morgan fingerprint density at radius 1 is 1.40 bits per heavy atom. The van der Waals surface area contributed by atoms with Crippen LogP contribution >= 0.6 is 11.6 Å². The van der Waals surface area contributed by atoms with Crippen LogP contribution in [-0.4, -0.2) is 15.5 Å². The van der Waals surface area contributed by atoms with Crippen molar-refractivity contribution in [2.24, 2.45) is 4.40 Å². The first-order valence-corrected chi connectivity index (χ1v) is 6.10. The summed E-state index contributed by atoms with van der Waals surface area (Å²) in [5.74, 6) is 0. The summed E-state index contributed by atoms with van der Waals surface area (Å²) in [5.41, 5.74) is 0.861. The van der Waals surface area contributed by atoms with Crippen LogP contribution in [0.25, 0.3) is 0 Å². The number of halogens is 1. The fourth-order valence-electron chi connectivity index (χ4n) is 0.854. The molecule has 1 aromatic carbocycles. The van der Waals surface area contributed by atoms with Crippen molar-refractivity contribution in [2.45, 2.75) is 25.5 Å². The van der Waals surface area contributed by atoms with E-state index < -0.39 is 11.4 Å². The summed E-state index contributed by atoms with van der Waals surface area (Å²) in [6, 6.07) is 7.28. The lowest BCUT2D eigenvalue weighted by Gasteiger charge is -2.17. The van der Waals surface area contributed by atoms with Crippen LogP contribution in [0.1, 0.15) is 26.3 Å². The van der Waals surface area contributed by atoms with Crippen LogP contribution < -0.4 is 0 Å². The van der Waals surface area contributed by atoms with Gasteiger partial charge < -0.3 is 4.55 Å². The minimum Gasteiger partial charge on any atom is -0.591 e. The van der Waals surface area contributed by atoms with Crippen molar-refractivity contribution >= 4 is 29.2 Å². The molecule has 0 bridgehead atoms. The molecule has 1 atom stereocenters. The van der Waals surface area contributed by atoms with Crippen molar-refractivity contribution in [3.8, 4) is 0 Å². The molecule has 0 saturated carbocycles. The number of benzene rings is 1. The van der Waals surface area contributed by atoms with Gasteiger partial charge in [-0.25, -0.2) is 0 Å². The van der Waals surface area contributed by atoms with E-state index >= 15 is 0 Å². The van der Waals surface area contributed by atoms with Crippen molar-refractivity contribution in [2.75, 3.05) is 0 Å². The molecule has 82 valence electrons. The quantitative estimate of drug-likeness (QED) is 0.580. The average Bonchev–Trinajstić information content (AvgIpc) is 2.12. The Balaban J connectivity index is 2.74. The van der Waals surface area contributed by atoms with Gasteiger partial charge in [-0.3, -0.25) is 0 Å². The van der Waals surface area contributed by atoms with Gasteiger partial charge in [0.25, 0.3) is 0 Å². The smallest absolute Gasteiger partial charge is 0.144 e. The molecule has 0 N–H and O–H groups in total. The highest BCUT2D eigenvalue weighted by molar-refractivity contribution is 7.91. The lowest BCUT2D eigenvalue weighted by Crippen LogP contribution is -2.25. The molecular weight excluding hydrogens is 230 g/mol. The Morgan fingerprint density at radius 3 is 2.60 bits per heavy atom. The first-order chi connectivity index (χ1) is 6.89. The SMILES string of the molecule is CC(C)(C)[S@+]([O-])N=Cc1cccc(Cl)c1. The molecule has 0 aliphatic rings. The Morgan fingerprint density at radius 2 is 2.07 bits per heavy atom. The van der Waals surface area contributed by atoms with Gasteiger partial charge in [-0.15, -0.1) is 0 Å². The molecule has 4 heteroatoms. The molecule has 0 fully saturated rings. The molecule has 1 aromatic rings. The molecule has 0 radical (unpaired) electrons. The topological polar surface area (TPSA) is 35.4 Å². The van der Waals surface area contributed by atoms with Gasteiger partial charge in [0.05, 0.1) is 6.21 Å². The maximum Gasteiger partial charge on any atom is 0.144 e. The van der Waals surface area contributed by atoms with Crippen molar-refractivity contribution in [3.05, 3.63) is 34.9 Å². The second-order valence-electron chi connectivity index (χ2n) is 4.15. The minimum atomic E-state index is -1.22. The Kier molecular flexibility index (Phi) is 4.20. The second-order valence-corrected chi connectivity index (χ2v) is 6.52. The van der Waals surface area contributed by atoms with E-state index in [9.17, 15) is 4.55 Å². The fraction of sp³-hybridized carbons (Fsp3) is 0.364. The van der Waals surface area contributed by atoms with E-state index in [0.717, 1.165) is 5.56 Å². The Bertz CT molecular complexity index is 360. The standard InChI is InChI=1S/C11H14ClNOS/c1-11(2,3)15(14)13-8-9-5-4-6-10(12)7-9/h4-8H,1-3H3/t15-/m0/s1. The molecule has 2 nitrogen and oxygen atoms in total. The molecule has 1 rings (SSSR count). The summed E-state index contributed by atoms with van der Waals surface area (Å²) in [7, 11) is 0. The molecule has 0 saturated heterocycles. The summed E-state index contributed by atoms with van der Waals surface area (Å²) < 4.78 is 15.3. The molecular formula is C11H14ClNOS. The van der Waals surface area contributed by atoms with E-state index in [-0.39, 0.29) is 4.75 Å². The summed E-state index contributed by atoms with van der Waals surface area (Å²) in [5, 5.41) is 0.653. The van der Waals surface area contributed by atoms with Crippen LogP contribution in [-0.2, 0) is 11.4 Å². The van der Waals surface area contributed by atoms with E-state index in [1.807, 2.05) is 32.9 Å². The highest BCUT2D eigenvalue weighted by Gasteiger charge is 2.25. The lowest BCUT2D eigenvalue weighted by atomic mass is 10.2. The van der Waals surface area contributed by atoms with E-state index in [4.69, 9.17) is 11.6 Å². The van der Waals surface area contributed by atoms with E-state index in [1.54, 1.807) is 18.3 Å². The van der Waals surface area contributed by atoms with Gasteiger partial charge in [0, 0.05) is 5.02 Å². The van der Waals surface area contributed by atoms with Crippen molar-refractivity contribution in [1.82, 2.24) is 0 Å². The number of hydrogen-bond acceptors (Lipinski definition) is 2. The van der Waals surface area contributed by atoms with Gasteiger partial charge >= 0.3 is 0 Å². The summed E-state index contributed by atoms with van der Waals surface area (Å²) in [6.45, 7) is 5.66. The molecule has 0 aliphatic carbocycles. The van der Waals surface area contributed by atoms with E-state index in [0.29, 0.717) is 5.02 Å². The Labute approximate surface area is 98.7 Å². The number of rotatable bonds is 2. The van der Waals surface area contributed by atoms with Crippen LogP contribution in [0.15, 0.2) is 28.7 Å². The molecule has 0 aromatic heterocycles. The fourth-order valence-corrected chi connectivity index (χ4v) is 1.59. The highest BCUT2D eigenvalue weighted by Crippen LogP contribution is 2.17. The zero-order valence-electron chi connectivity index (χ0n) is 9.03. The third-order valence-corrected chi connectivity index (χ3v) is 3.25. The van der Waals surface area contributed by atoms with Gasteiger partial charge in [-0.05, 0) is 38.5 Å². The molecule has 0 aliphatic heterocycles. The zero-order chi connectivity index (χ0) is 11.5. The van der Waals surface area contributed by atoms with E-state index in [2.05, 4.69) is 4.40 Å². The summed E-state index contributed by atoms with van der Waals surface area (Å²) in [4.78, 5) is 0. The molecule has 0 spiro atoms. The van der Waals surface area contributed by atoms with Crippen LogP contribution in [0.4, 0.5) is 0 Å². The van der Waals surface area contributed by atoms with Crippen molar-refractivity contribution in [3.63, 3.8) is 0 Å². The van der Waals surface area contributed by atoms with Gasteiger partial charge in [-0.2, -0.15) is 0 Å². The number of nitrogens with zero attached hydrogens (tertiary/aromatic N) is 1. The van der Waals surface area contributed by atoms with Crippen LogP contribution in [0.2, 0.25) is 5.02 Å². The zero-order valence-corrected chi connectivity index (χ0v) is 10.6. The molecule has 15 heavy (non-hydrogen) atoms. The largest absolute Gasteiger partial charge is 0.591 e. The van der Waals surface area contributed by atoms with Crippen molar-refractivity contribution in [1.29, 1.82) is 0 Å². The maximum atomic E-state index is 11.6. The summed E-state index contributed by atoms with van der Waals surface area (Å²) in [6.07, 6.45) is 1.59. The van der Waals surface area contributed by atoms with E-state index in [1.165, 1.54) is 0 Å². The first kappa shape index (κ1) is 12.6. The highest BCUT2D eigenvalue weighted by atomic mass is 35.5. The molecule has 0 unspecified atom stereocenters. The average molecular weight is 244 g/mol. The number of hydrogen-bond donors (Lipinski definition) is 0. The predicted molar refractivity (Wildman–Crippen MR) is 66.9 cm³/mol. The van der Waals surface area contributed by atoms with Crippen LogP contribution in [0.5, 0.6) is 0 Å². The maximum absolute atomic E-state index is 11.6. The normalized spacial score (nSPS) is 14.5. The van der Waals surface area contributed by atoms with Gasteiger partial charge in [0.2, 0.25) is 0 Å². The monoisotopic (exact) mass is 243 g/mol.